The van der Waals surface area contributed by atoms with Crippen LogP contribution in [0.4, 0.5) is 0 Å². The second-order valence-electron chi connectivity index (χ2n) is 11.9. The molecule has 2 amide bonds. The van der Waals surface area contributed by atoms with Crippen LogP contribution in [0.15, 0.2) is 71.6 Å². The van der Waals surface area contributed by atoms with Crippen molar-refractivity contribution in [3.05, 3.63) is 99.4 Å². The molecule has 0 radical (unpaired) electrons. The van der Waals surface area contributed by atoms with Gasteiger partial charge < -0.3 is 24.0 Å². The van der Waals surface area contributed by atoms with Crippen molar-refractivity contribution in [2.45, 2.75) is 51.3 Å². The lowest BCUT2D eigenvalue weighted by molar-refractivity contribution is -0.153. The Bertz CT molecular complexity index is 1770. The van der Waals surface area contributed by atoms with Gasteiger partial charge in [0, 0.05) is 53.8 Å². The Morgan fingerprint density at radius 3 is 2.68 bits per heavy atom. The van der Waals surface area contributed by atoms with Gasteiger partial charge in [0.05, 0.1) is 17.9 Å². The van der Waals surface area contributed by atoms with E-state index < -0.39 is 23.8 Å². The Balaban J connectivity index is 1.25. The normalized spacial score (nSPS) is 21.3. The first-order valence-corrected chi connectivity index (χ1v) is 15.9. The van der Waals surface area contributed by atoms with Gasteiger partial charge in [0.1, 0.15) is 18.0 Å². The molecule has 10 heteroatoms. The molecule has 4 heterocycles. The minimum atomic E-state index is -0.914. The molecular weight excluding hydrogens is 624 g/mol. The predicted octanol–water partition coefficient (Wildman–Crippen LogP) is 5.65. The van der Waals surface area contributed by atoms with Gasteiger partial charge in [-0.05, 0) is 66.3 Å². The fourth-order valence-corrected chi connectivity index (χ4v) is 7.71. The van der Waals surface area contributed by atoms with Gasteiger partial charge in [-0.15, -0.1) is 0 Å². The van der Waals surface area contributed by atoms with Crippen molar-refractivity contribution in [2.24, 2.45) is 11.8 Å². The lowest BCUT2D eigenvalue weighted by atomic mass is 9.77. The first-order valence-electron chi connectivity index (χ1n) is 15.1. The van der Waals surface area contributed by atoms with Gasteiger partial charge in [0.15, 0.2) is 0 Å². The highest BCUT2D eigenvalue weighted by atomic mass is 79.9. The van der Waals surface area contributed by atoms with Crippen LogP contribution in [0.3, 0.4) is 0 Å². The lowest BCUT2D eigenvalue weighted by Gasteiger charge is -2.43. The number of fused-ring (bicyclic) bond motifs is 3. The zero-order valence-corrected chi connectivity index (χ0v) is 25.8. The van der Waals surface area contributed by atoms with E-state index in [0.717, 1.165) is 45.2 Å². The predicted molar refractivity (Wildman–Crippen MR) is 166 cm³/mol. The number of ether oxygens (including phenoxy) is 1. The van der Waals surface area contributed by atoms with Crippen LogP contribution < -0.4 is 4.74 Å². The van der Waals surface area contributed by atoms with E-state index in [1.807, 2.05) is 70.2 Å². The second-order valence-corrected chi connectivity index (χ2v) is 12.8. The highest BCUT2D eigenvalue weighted by Crippen LogP contribution is 2.44. The molecule has 44 heavy (non-hydrogen) atoms. The van der Waals surface area contributed by atoms with E-state index in [0.29, 0.717) is 50.3 Å². The minimum absolute atomic E-state index is 0.0633. The molecule has 4 aromatic rings. The number of benzene rings is 2. The van der Waals surface area contributed by atoms with Crippen molar-refractivity contribution in [1.29, 1.82) is 0 Å². The van der Waals surface area contributed by atoms with Gasteiger partial charge in [-0.25, -0.2) is 4.98 Å². The summed E-state index contributed by atoms with van der Waals surface area (Å²) in [6.07, 6.45) is 8.87. The Labute approximate surface area is 263 Å². The number of nitrogens with zero attached hydrogens (tertiary/aromatic N) is 4. The SMILES string of the molecule is O=C(O)[C@@H]1CCCCC1C(=O)N1CCc2c(Br)ccc(OCc3ccn4ccnc4c3)c2[C@H]1CN1Cc2ccccc2C1=O. The number of pyridine rings is 1. The van der Waals surface area contributed by atoms with Gasteiger partial charge in [-0.3, -0.25) is 14.4 Å². The third kappa shape index (κ3) is 5.15. The molecular formula is C34H33BrN4O5. The first kappa shape index (κ1) is 28.6. The highest BCUT2D eigenvalue weighted by Gasteiger charge is 2.44. The lowest BCUT2D eigenvalue weighted by Crippen LogP contribution is -2.50. The molecule has 2 aliphatic heterocycles. The highest BCUT2D eigenvalue weighted by molar-refractivity contribution is 9.10. The average molecular weight is 658 g/mol. The second kappa shape index (κ2) is 11.7. The fraction of sp³-hybridized carbons (Fsp3) is 0.353. The smallest absolute Gasteiger partial charge is 0.307 e. The van der Waals surface area contributed by atoms with Crippen LogP contribution in [-0.4, -0.2) is 55.2 Å². The van der Waals surface area contributed by atoms with E-state index in [-0.39, 0.29) is 18.4 Å². The number of halogens is 1. The number of aromatic nitrogens is 2. The topological polar surface area (TPSA) is 104 Å². The zero-order chi connectivity index (χ0) is 30.4. The van der Waals surface area contributed by atoms with Gasteiger partial charge in [-0.1, -0.05) is 47.0 Å². The van der Waals surface area contributed by atoms with Crippen LogP contribution in [0.2, 0.25) is 0 Å². The summed E-state index contributed by atoms with van der Waals surface area (Å²) in [4.78, 5) is 48.1. The summed E-state index contributed by atoms with van der Waals surface area (Å²) >= 11 is 3.74. The third-order valence-corrected chi connectivity index (χ3v) is 10.1. The van der Waals surface area contributed by atoms with E-state index in [9.17, 15) is 19.5 Å². The third-order valence-electron chi connectivity index (χ3n) is 9.40. The molecule has 0 spiro atoms. The minimum Gasteiger partial charge on any atom is -0.489 e. The molecule has 0 bridgehead atoms. The summed E-state index contributed by atoms with van der Waals surface area (Å²) < 4.78 is 9.35. The van der Waals surface area contributed by atoms with E-state index in [4.69, 9.17) is 4.74 Å². The summed E-state index contributed by atoms with van der Waals surface area (Å²) in [5.74, 6) is -1.76. The number of carbonyl (C=O) groups is 3. The number of hydrogen-bond acceptors (Lipinski definition) is 5. The number of aliphatic carboxylic acids is 1. The van der Waals surface area contributed by atoms with E-state index >= 15 is 0 Å². The molecule has 3 atom stereocenters. The fourth-order valence-electron chi connectivity index (χ4n) is 7.17. The molecule has 1 aliphatic carbocycles. The van der Waals surface area contributed by atoms with Crippen LogP contribution in [0.25, 0.3) is 5.65 Å². The quantitative estimate of drug-likeness (QED) is 0.276. The number of rotatable bonds is 7. The van der Waals surface area contributed by atoms with Crippen LogP contribution in [0, 0.1) is 11.8 Å². The molecule has 1 unspecified atom stereocenters. The Morgan fingerprint density at radius 2 is 1.86 bits per heavy atom. The molecule has 1 fully saturated rings. The van der Waals surface area contributed by atoms with E-state index in [1.54, 1.807) is 11.1 Å². The molecule has 2 aromatic heterocycles. The summed E-state index contributed by atoms with van der Waals surface area (Å²) in [6, 6.07) is 15.0. The van der Waals surface area contributed by atoms with Crippen LogP contribution in [-0.2, 0) is 29.2 Å². The number of carboxylic acid groups (broad SMARTS) is 1. The summed E-state index contributed by atoms with van der Waals surface area (Å²) in [6.45, 7) is 1.48. The molecule has 0 saturated heterocycles. The number of carbonyl (C=O) groups excluding carboxylic acids is 2. The maximum Gasteiger partial charge on any atom is 0.307 e. The van der Waals surface area contributed by atoms with Crippen molar-refractivity contribution in [1.82, 2.24) is 19.2 Å². The molecule has 3 aliphatic rings. The van der Waals surface area contributed by atoms with Gasteiger partial charge >= 0.3 is 5.97 Å². The number of imidazole rings is 1. The maximum absolute atomic E-state index is 14.3. The summed E-state index contributed by atoms with van der Waals surface area (Å²) in [5.41, 5.74) is 5.34. The first-order chi connectivity index (χ1) is 21.4. The summed E-state index contributed by atoms with van der Waals surface area (Å²) in [5, 5.41) is 10.00. The van der Waals surface area contributed by atoms with Crippen LogP contribution >= 0.6 is 15.9 Å². The van der Waals surface area contributed by atoms with Crippen molar-refractivity contribution >= 4 is 39.4 Å². The van der Waals surface area contributed by atoms with Crippen molar-refractivity contribution in [3.63, 3.8) is 0 Å². The number of amides is 2. The molecule has 226 valence electrons. The zero-order valence-electron chi connectivity index (χ0n) is 24.2. The molecule has 9 nitrogen and oxygen atoms in total. The number of hydrogen-bond donors (Lipinski definition) is 1. The monoisotopic (exact) mass is 656 g/mol. The Hall–Kier alpha value is -4.18. The largest absolute Gasteiger partial charge is 0.489 e. The van der Waals surface area contributed by atoms with E-state index in [1.165, 1.54) is 0 Å². The maximum atomic E-state index is 14.3. The van der Waals surface area contributed by atoms with E-state index in [2.05, 4.69) is 20.9 Å². The molecule has 1 N–H and O–H groups in total. The Kier molecular flexibility index (Phi) is 7.62. The number of carboxylic acids is 1. The van der Waals surface area contributed by atoms with Gasteiger partial charge in [0.25, 0.3) is 5.91 Å². The van der Waals surface area contributed by atoms with Crippen LogP contribution in [0.5, 0.6) is 5.75 Å². The average Bonchev–Trinajstić information content (AvgIpc) is 3.64. The van der Waals surface area contributed by atoms with Crippen molar-refractivity contribution in [3.8, 4) is 5.75 Å². The summed E-state index contributed by atoms with van der Waals surface area (Å²) in [7, 11) is 0. The van der Waals surface area contributed by atoms with Gasteiger partial charge in [-0.2, -0.15) is 0 Å². The van der Waals surface area contributed by atoms with Crippen molar-refractivity contribution < 1.29 is 24.2 Å². The Morgan fingerprint density at radius 1 is 1.05 bits per heavy atom. The molecule has 7 rings (SSSR count). The van der Waals surface area contributed by atoms with Gasteiger partial charge in [0.2, 0.25) is 5.91 Å². The van der Waals surface area contributed by atoms with Crippen molar-refractivity contribution in [2.75, 3.05) is 13.1 Å². The standard InChI is InChI=1S/C34H33BrN4O5/c35-27-9-10-29(44-20-21-11-14-37-16-13-36-30(37)17-21)31-26(27)12-15-39(33(41)24-7-3-4-8-25(24)34(42)43)28(31)19-38-18-22-5-1-2-6-23(22)32(38)40/h1-2,5-6,9-11,13-14,16-17,24-25,28H,3-4,7-8,12,15,18-20H2,(H,42,43)/t24?,25-,28-/m1/s1. The van der Waals surface area contributed by atoms with Crippen LogP contribution in [0.1, 0.15) is 64.3 Å². The molecule has 2 aromatic carbocycles. The molecule has 1 saturated carbocycles.